The SMILES string of the molecule is Cn1nnnc1Cc1ncc(Cl)cc1[N+](=O)[O-]. The highest BCUT2D eigenvalue weighted by Crippen LogP contribution is 2.22. The molecule has 2 heterocycles. The molecule has 0 aliphatic carbocycles. The fourth-order valence-electron chi connectivity index (χ4n) is 1.30. The molecule has 17 heavy (non-hydrogen) atoms. The van der Waals surface area contributed by atoms with Gasteiger partial charge in [-0.15, -0.1) is 5.10 Å². The van der Waals surface area contributed by atoms with E-state index in [1.807, 2.05) is 0 Å². The predicted molar refractivity (Wildman–Crippen MR) is 57.5 cm³/mol. The van der Waals surface area contributed by atoms with Gasteiger partial charge in [-0.25, -0.2) is 4.68 Å². The van der Waals surface area contributed by atoms with Crippen LogP contribution in [0.4, 0.5) is 5.69 Å². The van der Waals surface area contributed by atoms with Gasteiger partial charge in [0.05, 0.1) is 16.4 Å². The van der Waals surface area contributed by atoms with Crippen LogP contribution in [0.25, 0.3) is 0 Å². The van der Waals surface area contributed by atoms with Gasteiger partial charge in [-0.05, 0) is 10.4 Å². The number of rotatable bonds is 3. The molecule has 0 aromatic carbocycles. The monoisotopic (exact) mass is 254 g/mol. The summed E-state index contributed by atoms with van der Waals surface area (Å²) in [6.45, 7) is 0. The van der Waals surface area contributed by atoms with Crippen molar-refractivity contribution in [2.24, 2.45) is 7.05 Å². The molecule has 9 heteroatoms. The average Bonchev–Trinajstić information content (AvgIpc) is 2.67. The predicted octanol–water partition coefficient (Wildman–Crippen LogP) is 0.757. The van der Waals surface area contributed by atoms with Crippen LogP contribution in [0.1, 0.15) is 11.5 Å². The Kier molecular flexibility index (Phi) is 2.96. The third-order valence-corrected chi connectivity index (χ3v) is 2.35. The molecule has 0 unspecified atom stereocenters. The zero-order valence-corrected chi connectivity index (χ0v) is 9.50. The lowest BCUT2D eigenvalue weighted by Crippen LogP contribution is -2.05. The molecule has 0 spiro atoms. The minimum atomic E-state index is -0.530. The van der Waals surface area contributed by atoms with E-state index in [2.05, 4.69) is 20.5 Å². The summed E-state index contributed by atoms with van der Waals surface area (Å²) >= 11 is 5.66. The second-order valence-corrected chi connectivity index (χ2v) is 3.71. The Morgan fingerprint density at radius 2 is 2.35 bits per heavy atom. The van der Waals surface area contributed by atoms with Crippen LogP contribution in [0.2, 0.25) is 5.02 Å². The van der Waals surface area contributed by atoms with E-state index in [0.717, 1.165) is 0 Å². The molecule has 0 saturated heterocycles. The fraction of sp³-hybridized carbons (Fsp3) is 0.250. The first-order valence-corrected chi connectivity index (χ1v) is 4.96. The van der Waals surface area contributed by atoms with Crippen LogP contribution in [0, 0.1) is 10.1 Å². The minimum absolute atomic E-state index is 0.138. The maximum absolute atomic E-state index is 10.8. The van der Waals surface area contributed by atoms with E-state index in [1.54, 1.807) is 7.05 Å². The molecule has 0 radical (unpaired) electrons. The van der Waals surface area contributed by atoms with Crippen LogP contribution in [0.5, 0.6) is 0 Å². The number of tetrazole rings is 1. The molecule has 0 aliphatic heterocycles. The van der Waals surface area contributed by atoms with Crippen LogP contribution >= 0.6 is 11.6 Å². The molecule has 8 nitrogen and oxygen atoms in total. The molecule has 0 fully saturated rings. The third-order valence-electron chi connectivity index (χ3n) is 2.14. The van der Waals surface area contributed by atoms with Crippen LogP contribution in [-0.4, -0.2) is 30.1 Å². The Labute approximate surface area is 100 Å². The molecule has 0 aliphatic rings. The van der Waals surface area contributed by atoms with Gasteiger partial charge in [0.1, 0.15) is 5.69 Å². The fourth-order valence-corrected chi connectivity index (χ4v) is 1.45. The van der Waals surface area contributed by atoms with Gasteiger partial charge in [-0.3, -0.25) is 15.1 Å². The van der Waals surface area contributed by atoms with Crippen molar-refractivity contribution in [3.63, 3.8) is 0 Å². The number of aromatic nitrogens is 5. The molecule has 0 amide bonds. The van der Waals surface area contributed by atoms with E-state index in [0.29, 0.717) is 5.82 Å². The summed E-state index contributed by atoms with van der Waals surface area (Å²) in [4.78, 5) is 14.2. The molecule has 2 rings (SSSR count). The molecule has 2 aromatic heterocycles. The van der Waals surface area contributed by atoms with E-state index in [1.165, 1.54) is 16.9 Å². The first kappa shape index (κ1) is 11.4. The van der Waals surface area contributed by atoms with Gasteiger partial charge < -0.3 is 0 Å². The van der Waals surface area contributed by atoms with Gasteiger partial charge in [-0.1, -0.05) is 11.6 Å². The number of nitrogens with zero attached hydrogens (tertiary/aromatic N) is 6. The maximum Gasteiger partial charge on any atom is 0.292 e. The lowest BCUT2D eigenvalue weighted by Gasteiger charge is -2.01. The summed E-state index contributed by atoms with van der Waals surface area (Å²) in [6, 6.07) is 1.26. The molecular weight excluding hydrogens is 248 g/mol. The molecule has 0 bridgehead atoms. The molecule has 0 atom stereocenters. The number of nitro groups is 1. The van der Waals surface area contributed by atoms with E-state index in [9.17, 15) is 10.1 Å². The molecule has 88 valence electrons. The van der Waals surface area contributed by atoms with Crippen molar-refractivity contribution in [2.75, 3.05) is 0 Å². The summed E-state index contributed by atoms with van der Waals surface area (Å²) in [6.07, 6.45) is 1.53. The van der Waals surface area contributed by atoms with Crippen molar-refractivity contribution in [3.8, 4) is 0 Å². The second kappa shape index (κ2) is 4.42. The highest BCUT2D eigenvalue weighted by molar-refractivity contribution is 6.30. The van der Waals surface area contributed by atoms with E-state index >= 15 is 0 Å². The number of pyridine rings is 1. The Morgan fingerprint density at radius 3 is 2.94 bits per heavy atom. The summed E-state index contributed by atoms with van der Waals surface area (Å²) in [5.74, 6) is 0.489. The Morgan fingerprint density at radius 1 is 1.59 bits per heavy atom. The highest BCUT2D eigenvalue weighted by atomic mass is 35.5. The summed E-state index contributed by atoms with van der Waals surface area (Å²) < 4.78 is 1.43. The topological polar surface area (TPSA) is 99.6 Å². The largest absolute Gasteiger partial charge is 0.292 e. The van der Waals surface area contributed by atoms with Gasteiger partial charge in [0.15, 0.2) is 5.82 Å². The van der Waals surface area contributed by atoms with Gasteiger partial charge >= 0.3 is 0 Å². The average molecular weight is 255 g/mol. The molecule has 2 aromatic rings. The van der Waals surface area contributed by atoms with E-state index in [-0.39, 0.29) is 22.8 Å². The third kappa shape index (κ3) is 2.36. The highest BCUT2D eigenvalue weighted by Gasteiger charge is 2.18. The molecule has 0 N–H and O–H groups in total. The first-order valence-electron chi connectivity index (χ1n) is 4.58. The van der Waals surface area contributed by atoms with Crippen LogP contribution in [0.3, 0.4) is 0 Å². The van der Waals surface area contributed by atoms with E-state index < -0.39 is 4.92 Å². The number of hydrogen-bond acceptors (Lipinski definition) is 6. The Hall–Kier alpha value is -2.09. The normalized spacial score (nSPS) is 10.5. The van der Waals surface area contributed by atoms with Gasteiger partial charge in [0.2, 0.25) is 0 Å². The zero-order valence-electron chi connectivity index (χ0n) is 8.74. The van der Waals surface area contributed by atoms with Crippen molar-refractivity contribution in [1.29, 1.82) is 0 Å². The molecular formula is C8H7ClN6O2. The van der Waals surface area contributed by atoms with Crippen LogP contribution < -0.4 is 0 Å². The van der Waals surface area contributed by atoms with Gasteiger partial charge in [0, 0.05) is 19.3 Å². The summed E-state index contributed by atoms with van der Waals surface area (Å²) in [5.41, 5.74) is 0.137. The lowest BCUT2D eigenvalue weighted by atomic mass is 10.2. The Bertz CT molecular complexity index is 569. The lowest BCUT2D eigenvalue weighted by molar-refractivity contribution is -0.385. The number of hydrogen-bond donors (Lipinski definition) is 0. The van der Waals surface area contributed by atoms with E-state index in [4.69, 9.17) is 11.6 Å². The van der Waals surface area contributed by atoms with Crippen molar-refractivity contribution < 1.29 is 4.92 Å². The standard InChI is InChI=1S/C8H7ClN6O2/c1-14-8(11-12-13-14)3-6-7(15(16)17)2-5(9)4-10-6/h2,4H,3H2,1H3. The minimum Gasteiger partial charge on any atom is -0.258 e. The first-order chi connectivity index (χ1) is 8.08. The maximum atomic E-state index is 10.8. The van der Waals surface area contributed by atoms with Gasteiger partial charge in [0.25, 0.3) is 5.69 Å². The quantitative estimate of drug-likeness (QED) is 0.592. The Balaban J connectivity index is 2.39. The van der Waals surface area contributed by atoms with Crippen molar-refractivity contribution in [1.82, 2.24) is 25.2 Å². The number of halogens is 1. The smallest absolute Gasteiger partial charge is 0.258 e. The van der Waals surface area contributed by atoms with Crippen LogP contribution in [-0.2, 0) is 13.5 Å². The zero-order chi connectivity index (χ0) is 12.4. The van der Waals surface area contributed by atoms with Crippen molar-refractivity contribution in [2.45, 2.75) is 6.42 Å². The summed E-state index contributed by atoms with van der Waals surface area (Å²) in [5, 5.41) is 21.9. The second-order valence-electron chi connectivity index (χ2n) is 3.27. The van der Waals surface area contributed by atoms with Gasteiger partial charge in [-0.2, -0.15) is 0 Å². The van der Waals surface area contributed by atoms with Crippen LogP contribution in [0.15, 0.2) is 12.3 Å². The molecule has 0 saturated carbocycles. The van der Waals surface area contributed by atoms with Crippen molar-refractivity contribution in [3.05, 3.63) is 38.9 Å². The number of aryl methyl sites for hydroxylation is 1. The summed E-state index contributed by atoms with van der Waals surface area (Å²) in [7, 11) is 1.65. The van der Waals surface area contributed by atoms with Crippen molar-refractivity contribution >= 4 is 17.3 Å².